The minimum Gasteiger partial charge on any atom is -0.478 e. The number of aromatic nitrogens is 3. The number of benzene rings is 2. The Labute approximate surface area is 242 Å². The number of likely N-dealkylation sites (tertiary alicyclic amines) is 1. The standard InChI is InChI=1S/C32H30FN5O4/c33-25-12-20(4-5-22(25)15-34)19-42-30-3-1-2-28(36-30)32-9-10-37(16-23(32)14-32)18-29-35-26-7-6-21(31(39)40)13-27(26)38(29)17-24-8-11-41-24/h1-7,12-13,23-24H,8-11,14,16-19H2,(H,39,40)/t23?,24-,32?/m0/s1. The minimum absolute atomic E-state index is 0.0149. The summed E-state index contributed by atoms with van der Waals surface area (Å²) in [6.45, 7) is 4.12. The van der Waals surface area contributed by atoms with Crippen LogP contribution >= 0.6 is 0 Å². The Morgan fingerprint density at radius 3 is 2.83 bits per heavy atom. The van der Waals surface area contributed by atoms with Crippen molar-refractivity contribution in [3.8, 4) is 11.9 Å². The summed E-state index contributed by atoms with van der Waals surface area (Å²) in [7, 11) is 0. The molecule has 2 saturated heterocycles. The van der Waals surface area contributed by atoms with Crippen molar-refractivity contribution >= 4 is 17.0 Å². The van der Waals surface area contributed by atoms with Gasteiger partial charge in [-0.15, -0.1) is 0 Å². The molecule has 1 N–H and O–H groups in total. The first kappa shape index (κ1) is 26.6. The van der Waals surface area contributed by atoms with E-state index < -0.39 is 11.8 Å². The number of carboxylic acid groups (broad SMARTS) is 1. The summed E-state index contributed by atoms with van der Waals surface area (Å²) in [5, 5.41) is 18.5. The molecule has 9 nitrogen and oxygen atoms in total. The predicted octanol–water partition coefficient (Wildman–Crippen LogP) is 4.67. The third kappa shape index (κ3) is 4.89. The van der Waals surface area contributed by atoms with Crippen LogP contribution in [0.5, 0.6) is 5.88 Å². The predicted molar refractivity (Wildman–Crippen MR) is 150 cm³/mol. The van der Waals surface area contributed by atoms with Crippen LogP contribution in [-0.2, 0) is 29.8 Å². The Balaban J connectivity index is 1.04. The molecule has 0 amide bonds. The van der Waals surface area contributed by atoms with Crippen molar-refractivity contribution in [3.05, 3.63) is 88.6 Å². The Bertz CT molecular complexity index is 1730. The lowest BCUT2D eigenvalue weighted by atomic mass is 9.91. The number of pyridine rings is 1. The van der Waals surface area contributed by atoms with Gasteiger partial charge in [-0.1, -0.05) is 12.1 Å². The number of fused-ring (bicyclic) bond motifs is 2. The maximum atomic E-state index is 14.0. The van der Waals surface area contributed by atoms with Gasteiger partial charge in [-0.25, -0.2) is 19.2 Å². The molecule has 0 radical (unpaired) electrons. The molecule has 3 aliphatic rings. The zero-order valence-corrected chi connectivity index (χ0v) is 23.0. The maximum absolute atomic E-state index is 14.0. The van der Waals surface area contributed by atoms with Crippen molar-refractivity contribution in [1.82, 2.24) is 19.4 Å². The molecule has 4 aromatic rings. The highest BCUT2D eigenvalue weighted by atomic mass is 19.1. The van der Waals surface area contributed by atoms with E-state index in [0.29, 0.717) is 30.5 Å². The summed E-state index contributed by atoms with van der Waals surface area (Å²) >= 11 is 0. The quantitative estimate of drug-likeness (QED) is 0.310. The smallest absolute Gasteiger partial charge is 0.335 e. The first-order chi connectivity index (χ1) is 20.4. The molecule has 1 saturated carbocycles. The van der Waals surface area contributed by atoms with Crippen molar-refractivity contribution in [1.29, 1.82) is 5.26 Å². The van der Waals surface area contributed by atoms with E-state index in [2.05, 4.69) is 15.5 Å². The molecule has 0 spiro atoms. The molecule has 1 aliphatic carbocycles. The van der Waals surface area contributed by atoms with Crippen LogP contribution in [0.15, 0.2) is 54.6 Å². The van der Waals surface area contributed by atoms with Crippen LogP contribution < -0.4 is 4.74 Å². The number of hydrogen-bond donors (Lipinski definition) is 1. The summed E-state index contributed by atoms with van der Waals surface area (Å²) in [5.41, 5.74) is 3.62. The molecule has 0 bridgehead atoms. The molecule has 2 unspecified atom stereocenters. The lowest BCUT2D eigenvalue weighted by Crippen LogP contribution is -2.37. The van der Waals surface area contributed by atoms with Crippen molar-refractivity contribution in [2.75, 3.05) is 19.7 Å². The number of halogens is 1. The van der Waals surface area contributed by atoms with Crippen molar-refractivity contribution in [3.63, 3.8) is 0 Å². The van der Waals surface area contributed by atoms with Crippen LogP contribution in [0.4, 0.5) is 4.39 Å². The Morgan fingerprint density at radius 1 is 1.21 bits per heavy atom. The molecule has 42 heavy (non-hydrogen) atoms. The second-order valence-corrected chi connectivity index (χ2v) is 11.5. The van der Waals surface area contributed by atoms with Crippen LogP contribution in [0, 0.1) is 23.1 Å². The number of carboxylic acids is 1. The van der Waals surface area contributed by atoms with Gasteiger partial charge < -0.3 is 19.1 Å². The highest BCUT2D eigenvalue weighted by molar-refractivity contribution is 5.92. The van der Waals surface area contributed by atoms with Gasteiger partial charge in [-0.2, -0.15) is 5.26 Å². The molecule has 2 aliphatic heterocycles. The zero-order valence-electron chi connectivity index (χ0n) is 23.0. The number of aromatic carboxylic acids is 1. The molecule has 214 valence electrons. The van der Waals surface area contributed by atoms with E-state index in [1.54, 1.807) is 24.3 Å². The number of nitriles is 1. The summed E-state index contributed by atoms with van der Waals surface area (Å²) in [6, 6.07) is 17.3. The summed E-state index contributed by atoms with van der Waals surface area (Å²) < 4.78 is 27.7. The van der Waals surface area contributed by atoms with Gasteiger partial charge in [-0.05, 0) is 73.7 Å². The van der Waals surface area contributed by atoms with E-state index in [0.717, 1.165) is 61.5 Å². The van der Waals surface area contributed by atoms with E-state index in [1.165, 1.54) is 12.1 Å². The Hall–Kier alpha value is -4.33. The average molecular weight is 568 g/mol. The SMILES string of the molecule is N#Cc1ccc(COc2cccc(C34CCN(Cc5nc6ccc(C(=O)O)cc6n5C[C@@H]5CCO5)CC3C4)n2)cc1F. The molecule has 2 aromatic heterocycles. The maximum Gasteiger partial charge on any atom is 0.335 e. The number of nitrogens with zero attached hydrogens (tertiary/aromatic N) is 5. The number of carbonyl (C=O) groups is 1. The lowest BCUT2D eigenvalue weighted by Gasteiger charge is -2.32. The second kappa shape index (κ2) is 10.5. The van der Waals surface area contributed by atoms with E-state index in [-0.39, 0.29) is 29.3 Å². The van der Waals surface area contributed by atoms with Crippen LogP contribution in [0.25, 0.3) is 11.0 Å². The zero-order chi connectivity index (χ0) is 28.8. The normalized spacial score (nSPS) is 23.1. The first-order valence-electron chi connectivity index (χ1n) is 14.3. The van der Waals surface area contributed by atoms with Crippen LogP contribution in [0.3, 0.4) is 0 Å². The fourth-order valence-electron chi connectivity index (χ4n) is 6.40. The van der Waals surface area contributed by atoms with Gasteiger partial charge in [0.15, 0.2) is 0 Å². The van der Waals surface area contributed by atoms with Gasteiger partial charge in [0.05, 0.1) is 47.0 Å². The van der Waals surface area contributed by atoms with E-state index in [9.17, 15) is 14.3 Å². The number of ether oxygens (including phenoxy) is 2. The van der Waals surface area contributed by atoms with Gasteiger partial charge in [0.1, 0.15) is 24.3 Å². The second-order valence-electron chi connectivity index (χ2n) is 11.5. The topological polar surface area (TPSA) is 114 Å². The molecule has 3 atom stereocenters. The largest absolute Gasteiger partial charge is 0.478 e. The third-order valence-corrected chi connectivity index (χ3v) is 8.98. The summed E-state index contributed by atoms with van der Waals surface area (Å²) in [4.78, 5) is 23.8. The van der Waals surface area contributed by atoms with Gasteiger partial charge >= 0.3 is 5.97 Å². The van der Waals surface area contributed by atoms with E-state index in [1.807, 2.05) is 18.2 Å². The monoisotopic (exact) mass is 567 g/mol. The van der Waals surface area contributed by atoms with Crippen LogP contribution in [0.2, 0.25) is 0 Å². The molecular formula is C32H30FN5O4. The van der Waals surface area contributed by atoms with Gasteiger partial charge in [0, 0.05) is 24.6 Å². The fraction of sp³-hybridized carbons (Fsp3) is 0.375. The lowest BCUT2D eigenvalue weighted by molar-refractivity contribution is -0.0592. The Kier molecular flexibility index (Phi) is 6.64. The van der Waals surface area contributed by atoms with Crippen molar-refractivity contribution in [2.24, 2.45) is 5.92 Å². The number of hydrogen-bond acceptors (Lipinski definition) is 7. The number of piperidine rings is 1. The summed E-state index contributed by atoms with van der Waals surface area (Å²) in [6.07, 6.45) is 3.16. The van der Waals surface area contributed by atoms with E-state index >= 15 is 0 Å². The van der Waals surface area contributed by atoms with Gasteiger partial charge in [0.2, 0.25) is 5.88 Å². The summed E-state index contributed by atoms with van der Waals surface area (Å²) in [5.74, 6) is 0.423. The molecular weight excluding hydrogens is 537 g/mol. The van der Waals surface area contributed by atoms with Crippen LogP contribution in [0.1, 0.15) is 52.3 Å². The van der Waals surface area contributed by atoms with Crippen molar-refractivity contribution < 1.29 is 23.8 Å². The average Bonchev–Trinajstić information content (AvgIpc) is 3.61. The van der Waals surface area contributed by atoms with Crippen LogP contribution in [-0.4, -0.2) is 56.3 Å². The molecule has 7 rings (SSSR count). The number of imidazole rings is 1. The van der Waals surface area contributed by atoms with Gasteiger partial charge in [-0.3, -0.25) is 4.90 Å². The van der Waals surface area contributed by atoms with Crippen molar-refractivity contribution in [2.45, 2.75) is 50.5 Å². The molecule has 3 fully saturated rings. The fourth-order valence-corrected chi connectivity index (χ4v) is 6.40. The highest BCUT2D eigenvalue weighted by Crippen LogP contribution is 2.59. The third-order valence-electron chi connectivity index (χ3n) is 8.98. The molecule has 4 heterocycles. The minimum atomic E-state index is -0.946. The molecule has 2 aromatic carbocycles. The Morgan fingerprint density at radius 2 is 2.10 bits per heavy atom. The highest BCUT2D eigenvalue weighted by Gasteiger charge is 2.58. The number of rotatable bonds is 9. The van der Waals surface area contributed by atoms with E-state index in [4.69, 9.17) is 24.7 Å². The first-order valence-corrected chi connectivity index (χ1v) is 14.3. The van der Waals surface area contributed by atoms with Gasteiger partial charge in [0.25, 0.3) is 0 Å². The molecule has 10 heteroatoms.